The molecule has 6 nitrogen and oxygen atoms in total. The second-order valence-electron chi connectivity index (χ2n) is 7.34. The second-order valence-corrected chi connectivity index (χ2v) is 7.34. The molecule has 0 spiro atoms. The molecule has 0 saturated carbocycles. The summed E-state index contributed by atoms with van der Waals surface area (Å²) < 4.78 is 5.90. The molecule has 0 unspecified atom stereocenters. The molecular formula is C19H27N3O3. The van der Waals surface area contributed by atoms with E-state index >= 15 is 0 Å². The first-order valence-corrected chi connectivity index (χ1v) is 8.87. The summed E-state index contributed by atoms with van der Waals surface area (Å²) in [6, 6.07) is 7.94. The van der Waals surface area contributed by atoms with Crippen LogP contribution in [0.3, 0.4) is 0 Å². The van der Waals surface area contributed by atoms with Gasteiger partial charge in [0.15, 0.2) is 0 Å². The highest BCUT2D eigenvalue weighted by molar-refractivity contribution is 5.89. The molecule has 1 atom stereocenters. The molecule has 25 heavy (non-hydrogen) atoms. The van der Waals surface area contributed by atoms with Gasteiger partial charge in [0.1, 0.15) is 11.9 Å². The average molecular weight is 345 g/mol. The largest absolute Gasteiger partial charge is 0.487 e. The van der Waals surface area contributed by atoms with Crippen LogP contribution >= 0.6 is 0 Å². The monoisotopic (exact) mass is 345 g/mol. The summed E-state index contributed by atoms with van der Waals surface area (Å²) in [5.41, 5.74) is 1.16. The zero-order chi connectivity index (χ0) is 18.0. The van der Waals surface area contributed by atoms with Crippen LogP contribution in [0, 0.1) is 12.8 Å². The topological polar surface area (TPSA) is 53.1 Å². The Morgan fingerprint density at radius 1 is 1.28 bits per heavy atom. The highest BCUT2D eigenvalue weighted by Crippen LogP contribution is 2.25. The van der Waals surface area contributed by atoms with Crippen molar-refractivity contribution in [2.24, 2.45) is 5.92 Å². The molecule has 2 heterocycles. The number of ether oxygens (including phenoxy) is 1. The zero-order valence-electron chi connectivity index (χ0n) is 15.3. The molecule has 1 aromatic rings. The van der Waals surface area contributed by atoms with Gasteiger partial charge in [-0.3, -0.25) is 9.59 Å². The van der Waals surface area contributed by atoms with E-state index in [0.717, 1.165) is 17.9 Å². The van der Waals surface area contributed by atoms with Gasteiger partial charge in [-0.1, -0.05) is 12.1 Å². The normalized spacial score (nSPS) is 21.0. The lowest BCUT2D eigenvalue weighted by atomic mass is 10.0. The molecule has 0 radical (unpaired) electrons. The fraction of sp³-hybridized carbons (Fsp3) is 0.579. The predicted molar refractivity (Wildman–Crippen MR) is 95.4 cm³/mol. The molecule has 2 fully saturated rings. The van der Waals surface area contributed by atoms with Crippen molar-refractivity contribution in [1.82, 2.24) is 14.7 Å². The number of nitrogens with zero attached hydrogens (tertiary/aromatic N) is 3. The third-order valence-electron chi connectivity index (χ3n) is 4.83. The van der Waals surface area contributed by atoms with Crippen LogP contribution < -0.4 is 4.74 Å². The molecule has 2 amide bonds. The van der Waals surface area contributed by atoms with Gasteiger partial charge in [0.2, 0.25) is 11.8 Å². The third-order valence-corrected chi connectivity index (χ3v) is 4.83. The molecule has 0 N–H and O–H groups in total. The first-order chi connectivity index (χ1) is 11.9. The van der Waals surface area contributed by atoms with E-state index < -0.39 is 0 Å². The van der Waals surface area contributed by atoms with Gasteiger partial charge in [0, 0.05) is 26.1 Å². The van der Waals surface area contributed by atoms with Gasteiger partial charge >= 0.3 is 0 Å². The van der Waals surface area contributed by atoms with Crippen molar-refractivity contribution in [1.29, 1.82) is 0 Å². The highest BCUT2D eigenvalue weighted by atomic mass is 16.5. The highest BCUT2D eigenvalue weighted by Gasteiger charge is 2.40. The van der Waals surface area contributed by atoms with Crippen molar-refractivity contribution >= 4 is 11.8 Å². The van der Waals surface area contributed by atoms with Crippen molar-refractivity contribution in [2.45, 2.75) is 19.4 Å². The van der Waals surface area contributed by atoms with Gasteiger partial charge in [-0.2, -0.15) is 0 Å². The van der Waals surface area contributed by atoms with Crippen LogP contribution in [0.5, 0.6) is 5.75 Å². The van der Waals surface area contributed by atoms with E-state index in [1.807, 2.05) is 60.0 Å². The minimum Gasteiger partial charge on any atom is -0.487 e. The predicted octanol–water partition coefficient (Wildman–Crippen LogP) is 0.995. The standard InChI is InChI=1S/C19H27N3O3/c1-14-5-4-6-16(9-14)25-17-12-22(13-17)19(24)15-10-18(23)21(11-15)8-7-20(2)3/h4-6,9,15,17H,7-8,10-13H2,1-3H3/t15-/m0/s1. The maximum absolute atomic E-state index is 12.6. The van der Waals surface area contributed by atoms with E-state index in [0.29, 0.717) is 32.6 Å². The summed E-state index contributed by atoms with van der Waals surface area (Å²) >= 11 is 0. The van der Waals surface area contributed by atoms with Gasteiger partial charge < -0.3 is 19.4 Å². The Bertz CT molecular complexity index is 641. The second kappa shape index (κ2) is 7.44. The maximum atomic E-state index is 12.6. The number of rotatable bonds is 6. The van der Waals surface area contributed by atoms with Gasteiger partial charge in [-0.05, 0) is 38.7 Å². The molecule has 136 valence electrons. The summed E-state index contributed by atoms with van der Waals surface area (Å²) in [5.74, 6) is 0.829. The maximum Gasteiger partial charge on any atom is 0.228 e. The van der Waals surface area contributed by atoms with E-state index in [9.17, 15) is 9.59 Å². The molecule has 3 rings (SSSR count). The summed E-state index contributed by atoms with van der Waals surface area (Å²) in [6.07, 6.45) is 0.388. The quantitative estimate of drug-likeness (QED) is 0.772. The molecular weight excluding hydrogens is 318 g/mol. The molecule has 6 heteroatoms. The Hall–Kier alpha value is -2.08. The summed E-state index contributed by atoms with van der Waals surface area (Å²) in [4.78, 5) is 30.3. The Morgan fingerprint density at radius 2 is 2.04 bits per heavy atom. The van der Waals surface area contributed by atoms with Crippen LogP contribution in [0.1, 0.15) is 12.0 Å². The van der Waals surface area contributed by atoms with E-state index in [2.05, 4.69) is 0 Å². The van der Waals surface area contributed by atoms with Crippen LogP contribution in [-0.2, 0) is 9.59 Å². The first kappa shape index (κ1) is 17.7. The molecule has 2 saturated heterocycles. The average Bonchev–Trinajstić information content (AvgIpc) is 2.89. The van der Waals surface area contributed by atoms with Gasteiger partial charge in [0.25, 0.3) is 0 Å². The number of likely N-dealkylation sites (tertiary alicyclic amines) is 2. The smallest absolute Gasteiger partial charge is 0.228 e. The molecule has 1 aromatic carbocycles. The number of hydrogen-bond donors (Lipinski definition) is 0. The number of likely N-dealkylation sites (N-methyl/N-ethyl adjacent to an activating group) is 1. The van der Waals surface area contributed by atoms with Crippen LogP contribution in [0.4, 0.5) is 0 Å². The lowest BCUT2D eigenvalue weighted by Crippen LogP contribution is -2.57. The molecule has 2 aliphatic rings. The van der Waals surface area contributed by atoms with Crippen molar-refractivity contribution in [3.63, 3.8) is 0 Å². The third kappa shape index (κ3) is 4.31. The molecule has 0 bridgehead atoms. The van der Waals surface area contributed by atoms with E-state index in [1.165, 1.54) is 0 Å². The van der Waals surface area contributed by atoms with Crippen molar-refractivity contribution in [3.8, 4) is 5.75 Å². The Kier molecular flexibility index (Phi) is 5.27. The van der Waals surface area contributed by atoms with E-state index in [4.69, 9.17) is 4.74 Å². The summed E-state index contributed by atoms with van der Waals surface area (Å²) in [7, 11) is 3.97. The van der Waals surface area contributed by atoms with Crippen LogP contribution in [0.2, 0.25) is 0 Å². The minimum atomic E-state index is -0.199. The van der Waals surface area contributed by atoms with Gasteiger partial charge in [-0.15, -0.1) is 0 Å². The lowest BCUT2D eigenvalue weighted by molar-refractivity contribution is -0.144. The number of carbonyl (C=O) groups excluding carboxylic acids is 2. The number of benzene rings is 1. The number of amides is 2. The van der Waals surface area contributed by atoms with Gasteiger partial charge in [-0.25, -0.2) is 0 Å². The summed E-state index contributed by atoms with van der Waals surface area (Å²) in [6.45, 7) is 5.30. The fourth-order valence-electron chi connectivity index (χ4n) is 3.31. The Labute approximate surface area is 149 Å². The van der Waals surface area contributed by atoms with Crippen LogP contribution in [0.15, 0.2) is 24.3 Å². The minimum absolute atomic E-state index is 0.0488. The first-order valence-electron chi connectivity index (χ1n) is 8.87. The Morgan fingerprint density at radius 3 is 2.72 bits per heavy atom. The van der Waals surface area contributed by atoms with Crippen molar-refractivity contribution in [3.05, 3.63) is 29.8 Å². The Balaban J connectivity index is 1.45. The molecule has 2 aliphatic heterocycles. The van der Waals surface area contributed by atoms with Crippen LogP contribution in [-0.4, -0.2) is 79.4 Å². The SMILES string of the molecule is Cc1cccc(OC2CN(C(=O)[C@H]3CC(=O)N(CCN(C)C)C3)C2)c1. The zero-order valence-corrected chi connectivity index (χ0v) is 15.3. The lowest BCUT2D eigenvalue weighted by Gasteiger charge is -2.40. The van der Waals surface area contributed by atoms with Crippen molar-refractivity contribution in [2.75, 3.05) is 46.8 Å². The number of carbonyl (C=O) groups is 2. The van der Waals surface area contributed by atoms with E-state index in [-0.39, 0.29) is 23.8 Å². The van der Waals surface area contributed by atoms with Crippen molar-refractivity contribution < 1.29 is 14.3 Å². The molecule has 0 aromatic heterocycles. The number of hydrogen-bond acceptors (Lipinski definition) is 4. The molecule has 0 aliphatic carbocycles. The van der Waals surface area contributed by atoms with Gasteiger partial charge in [0.05, 0.1) is 19.0 Å². The fourth-order valence-corrected chi connectivity index (χ4v) is 3.31. The van der Waals surface area contributed by atoms with Crippen LogP contribution in [0.25, 0.3) is 0 Å². The van der Waals surface area contributed by atoms with E-state index in [1.54, 1.807) is 0 Å². The number of aryl methyl sites for hydroxylation is 1. The summed E-state index contributed by atoms with van der Waals surface area (Å²) in [5, 5.41) is 0.